The highest BCUT2D eigenvalue weighted by Gasteiger charge is 2.05. The van der Waals surface area contributed by atoms with E-state index in [2.05, 4.69) is 24.9 Å². The predicted molar refractivity (Wildman–Crippen MR) is 60.3 cm³/mol. The summed E-state index contributed by atoms with van der Waals surface area (Å²) in [6.07, 6.45) is 2.87. The van der Waals surface area contributed by atoms with Crippen LogP contribution in [-0.2, 0) is 6.42 Å². The average molecular weight is 186 g/mol. The number of hydrogen-bond donors (Lipinski definition) is 1. The Balaban J connectivity index is 2.92. The Bertz CT molecular complexity index is 475. The summed E-state index contributed by atoms with van der Waals surface area (Å²) < 4.78 is 0. The Morgan fingerprint density at radius 3 is 2.86 bits per heavy atom. The molecule has 0 spiro atoms. The molecule has 1 aromatic heterocycles. The molecule has 0 saturated heterocycles. The van der Waals surface area contributed by atoms with E-state index in [1.807, 2.05) is 18.3 Å². The van der Waals surface area contributed by atoms with Gasteiger partial charge in [0.05, 0.1) is 0 Å². The first kappa shape index (κ1) is 9.00. The number of nitrogen functional groups attached to an aromatic ring is 1. The minimum atomic E-state index is 0.626. The molecule has 72 valence electrons. The van der Waals surface area contributed by atoms with E-state index in [1.165, 1.54) is 16.5 Å². The molecule has 2 N–H and O–H groups in total. The van der Waals surface area contributed by atoms with Gasteiger partial charge in [0.2, 0.25) is 0 Å². The number of aryl methyl sites for hydroxylation is 2. The first-order valence-electron chi connectivity index (χ1n) is 4.86. The Kier molecular flexibility index (Phi) is 2.12. The lowest BCUT2D eigenvalue weighted by Crippen LogP contribution is -1.96. The maximum atomic E-state index is 5.84. The van der Waals surface area contributed by atoms with Gasteiger partial charge in [-0.1, -0.05) is 25.1 Å². The number of hydrogen-bond acceptors (Lipinski definition) is 2. The Morgan fingerprint density at radius 1 is 1.36 bits per heavy atom. The van der Waals surface area contributed by atoms with E-state index >= 15 is 0 Å². The van der Waals surface area contributed by atoms with Gasteiger partial charge in [-0.25, -0.2) is 4.98 Å². The van der Waals surface area contributed by atoms with Crippen LogP contribution < -0.4 is 5.73 Å². The smallest absolute Gasteiger partial charge is 0.131 e. The van der Waals surface area contributed by atoms with Gasteiger partial charge in [-0.3, -0.25) is 0 Å². The monoisotopic (exact) mass is 186 g/mol. The number of benzene rings is 1. The molecular weight excluding hydrogens is 172 g/mol. The largest absolute Gasteiger partial charge is 0.383 e. The summed E-state index contributed by atoms with van der Waals surface area (Å²) in [6.45, 7) is 4.25. The van der Waals surface area contributed by atoms with Crippen molar-refractivity contribution in [3.8, 4) is 0 Å². The van der Waals surface area contributed by atoms with Crippen molar-refractivity contribution < 1.29 is 0 Å². The maximum absolute atomic E-state index is 5.84. The summed E-state index contributed by atoms with van der Waals surface area (Å²) in [5.41, 5.74) is 8.38. The van der Waals surface area contributed by atoms with Crippen molar-refractivity contribution in [3.05, 3.63) is 35.5 Å². The molecule has 2 heteroatoms. The van der Waals surface area contributed by atoms with Crippen LogP contribution in [0.3, 0.4) is 0 Å². The molecule has 0 atom stereocenters. The number of nitrogens with two attached hydrogens (primary N) is 1. The molecule has 1 aromatic carbocycles. The lowest BCUT2D eigenvalue weighted by molar-refractivity contribution is 1.13. The van der Waals surface area contributed by atoms with Gasteiger partial charge in [0.15, 0.2) is 0 Å². The van der Waals surface area contributed by atoms with Crippen LogP contribution in [0.2, 0.25) is 0 Å². The Morgan fingerprint density at radius 2 is 2.14 bits per heavy atom. The average Bonchev–Trinajstić information content (AvgIpc) is 2.20. The second-order valence-electron chi connectivity index (χ2n) is 3.52. The van der Waals surface area contributed by atoms with E-state index in [1.54, 1.807) is 0 Å². The summed E-state index contributed by atoms with van der Waals surface area (Å²) in [7, 11) is 0. The summed E-state index contributed by atoms with van der Waals surface area (Å²) in [5, 5.41) is 2.34. The minimum absolute atomic E-state index is 0.626. The van der Waals surface area contributed by atoms with Gasteiger partial charge in [-0.15, -0.1) is 0 Å². The summed E-state index contributed by atoms with van der Waals surface area (Å²) in [5.74, 6) is 0.626. The fourth-order valence-corrected chi connectivity index (χ4v) is 1.86. The van der Waals surface area contributed by atoms with Crippen molar-refractivity contribution in [2.75, 3.05) is 5.73 Å². The molecule has 0 amide bonds. The van der Waals surface area contributed by atoms with Crippen LogP contribution in [0.15, 0.2) is 24.4 Å². The molecule has 0 aliphatic heterocycles. The zero-order chi connectivity index (χ0) is 10.1. The van der Waals surface area contributed by atoms with E-state index in [-0.39, 0.29) is 0 Å². The van der Waals surface area contributed by atoms with Crippen LogP contribution in [0, 0.1) is 6.92 Å². The molecule has 2 aromatic rings. The highest BCUT2D eigenvalue weighted by atomic mass is 14.8. The van der Waals surface area contributed by atoms with Gasteiger partial charge in [0.1, 0.15) is 5.82 Å². The quantitative estimate of drug-likeness (QED) is 0.743. The zero-order valence-corrected chi connectivity index (χ0v) is 8.54. The second kappa shape index (κ2) is 3.29. The predicted octanol–water partition coefficient (Wildman–Crippen LogP) is 2.69. The standard InChI is InChI=1S/C12H14N2/c1-3-9-7-14-12(13)10-6-4-5-8(2)11(9)10/h4-7H,3H2,1-2H3,(H2,13,14). The molecule has 2 nitrogen and oxygen atoms in total. The van der Waals surface area contributed by atoms with Gasteiger partial charge in [0, 0.05) is 11.6 Å². The van der Waals surface area contributed by atoms with Crippen LogP contribution in [-0.4, -0.2) is 4.98 Å². The number of rotatable bonds is 1. The lowest BCUT2D eigenvalue weighted by Gasteiger charge is -2.08. The van der Waals surface area contributed by atoms with Crippen molar-refractivity contribution in [2.45, 2.75) is 20.3 Å². The molecule has 14 heavy (non-hydrogen) atoms. The van der Waals surface area contributed by atoms with E-state index < -0.39 is 0 Å². The Hall–Kier alpha value is -1.57. The Labute approximate surface area is 83.8 Å². The molecule has 0 aliphatic rings. The topological polar surface area (TPSA) is 38.9 Å². The second-order valence-corrected chi connectivity index (χ2v) is 3.52. The first-order valence-corrected chi connectivity index (χ1v) is 4.86. The highest BCUT2D eigenvalue weighted by molar-refractivity contribution is 5.95. The van der Waals surface area contributed by atoms with E-state index in [4.69, 9.17) is 5.73 Å². The minimum Gasteiger partial charge on any atom is -0.383 e. The van der Waals surface area contributed by atoms with E-state index in [0.717, 1.165) is 11.8 Å². The van der Waals surface area contributed by atoms with Crippen LogP contribution in [0.25, 0.3) is 10.8 Å². The maximum Gasteiger partial charge on any atom is 0.131 e. The number of anilines is 1. The normalized spacial score (nSPS) is 10.7. The third kappa shape index (κ3) is 1.23. The number of nitrogens with zero attached hydrogens (tertiary/aromatic N) is 1. The molecule has 0 unspecified atom stereocenters. The highest BCUT2D eigenvalue weighted by Crippen LogP contribution is 2.25. The summed E-state index contributed by atoms with van der Waals surface area (Å²) >= 11 is 0. The van der Waals surface area contributed by atoms with Crippen molar-refractivity contribution in [1.29, 1.82) is 0 Å². The van der Waals surface area contributed by atoms with Crippen LogP contribution >= 0.6 is 0 Å². The van der Waals surface area contributed by atoms with Crippen LogP contribution in [0.4, 0.5) is 5.82 Å². The molecule has 1 heterocycles. The van der Waals surface area contributed by atoms with Gasteiger partial charge in [-0.05, 0) is 29.9 Å². The zero-order valence-electron chi connectivity index (χ0n) is 8.54. The third-order valence-corrected chi connectivity index (χ3v) is 2.61. The van der Waals surface area contributed by atoms with Crippen molar-refractivity contribution >= 4 is 16.6 Å². The van der Waals surface area contributed by atoms with Crippen molar-refractivity contribution in [3.63, 3.8) is 0 Å². The molecular formula is C12H14N2. The fourth-order valence-electron chi connectivity index (χ4n) is 1.86. The van der Waals surface area contributed by atoms with Crippen LogP contribution in [0.1, 0.15) is 18.1 Å². The van der Waals surface area contributed by atoms with Crippen LogP contribution in [0.5, 0.6) is 0 Å². The molecule has 2 rings (SSSR count). The third-order valence-electron chi connectivity index (χ3n) is 2.61. The lowest BCUT2D eigenvalue weighted by atomic mass is 10.0. The van der Waals surface area contributed by atoms with E-state index in [0.29, 0.717) is 5.82 Å². The SMILES string of the molecule is CCc1cnc(N)c2cccc(C)c12. The molecule has 0 bridgehead atoms. The van der Waals surface area contributed by atoms with E-state index in [9.17, 15) is 0 Å². The molecule has 0 fully saturated rings. The van der Waals surface area contributed by atoms with Gasteiger partial charge in [-0.2, -0.15) is 0 Å². The molecule has 0 saturated carbocycles. The number of fused-ring (bicyclic) bond motifs is 1. The molecule has 0 aliphatic carbocycles. The summed E-state index contributed by atoms with van der Waals surface area (Å²) in [6, 6.07) is 6.17. The molecule has 0 radical (unpaired) electrons. The van der Waals surface area contributed by atoms with Gasteiger partial charge < -0.3 is 5.73 Å². The van der Waals surface area contributed by atoms with Gasteiger partial charge >= 0.3 is 0 Å². The number of aromatic nitrogens is 1. The number of pyridine rings is 1. The van der Waals surface area contributed by atoms with Gasteiger partial charge in [0.25, 0.3) is 0 Å². The first-order chi connectivity index (χ1) is 6.74. The fraction of sp³-hybridized carbons (Fsp3) is 0.250. The van der Waals surface area contributed by atoms with Crippen molar-refractivity contribution in [1.82, 2.24) is 4.98 Å². The summed E-state index contributed by atoms with van der Waals surface area (Å²) in [4.78, 5) is 4.20. The van der Waals surface area contributed by atoms with Crippen molar-refractivity contribution in [2.24, 2.45) is 0 Å².